The molecule has 2 amide bonds. The number of hydrogen-bond donors (Lipinski definition) is 0. The number of alkyl halides is 3. The van der Waals surface area contributed by atoms with Gasteiger partial charge in [-0.25, -0.2) is 0 Å². The third-order valence-corrected chi connectivity index (χ3v) is 4.13. The highest BCUT2D eigenvalue weighted by molar-refractivity contribution is 5.83. The van der Waals surface area contributed by atoms with Gasteiger partial charge in [-0.05, 0) is 25.7 Å². The maximum absolute atomic E-state index is 12.8. The van der Waals surface area contributed by atoms with Crippen molar-refractivity contribution in [1.29, 1.82) is 0 Å². The average Bonchev–Trinajstić information content (AvgIpc) is 2.51. The van der Waals surface area contributed by atoms with E-state index in [4.69, 9.17) is 0 Å². The summed E-state index contributed by atoms with van der Waals surface area (Å²) in [4.78, 5) is 27.2. The van der Waals surface area contributed by atoms with Crippen LogP contribution in [0.25, 0.3) is 0 Å². The van der Waals surface area contributed by atoms with E-state index in [2.05, 4.69) is 0 Å². The molecule has 1 saturated heterocycles. The summed E-state index contributed by atoms with van der Waals surface area (Å²) < 4.78 is 38.3. The van der Waals surface area contributed by atoms with Crippen LogP contribution in [-0.4, -0.2) is 54.0 Å². The number of amides is 2. The zero-order chi connectivity index (χ0) is 17.5. The number of nitrogens with zero attached hydrogens (tertiary/aromatic N) is 2. The Hall–Kier alpha value is -1.27. The molecule has 1 atom stereocenters. The molecule has 0 bridgehead atoms. The summed E-state index contributed by atoms with van der Waals surface area (Å²) in [5.74, 6) is -1.88. The van der Waals surface area contributed by atoms with Gasteiger partial charge in [0.15, 0.2) is 0 Å². The average molecular weight is 336 g/mol. The van der Waals surface area contributed by atoms with Crippen LogP contribution in [0.15, 0.2) is 0 Å². The van der Waals surface area contributed by atoms with Gasteiger partial charge in [-0.1, -0.05) is 13.8 Å². The van der Waals surface area contributed by atoms with E-state index in [9.17, 15) is 22.8 Å². The van der Waals surface area contributed by atoms with Gasteiger partial charge in [0.2, 0.25) is 11.8 Å². The summed E-state index contributed by atoms with van der Waals surface area (Å²) >= 11 is 0. The van der Waals surface area contributed by atoms with Crippen LogP contribution in [0.1, 0.15) is 52.4 Å². The molecule has 1 aliphatic rings. The van der Waals surface area contributed by atoms with Crippen molar-refractivity contribution >= 4 is 11.8 Å². The number of likely N-dealkylation sites (tertiary alicyclic amines) is 1. The Balaban J connectivity index is 2.47. The monoisotopic (exact) mass is 336 g/mol. The maximum atomic E-state index is 12.8. The van der Waals surface area contributed by atoms with E-state index in [1.165, 1.54) is 4.90 Å². The van der Waals surface area contributed by atoms with Crippen LogP contribution in [0.5, 0.6) is 0 Å². The number of carbonyl (C=O) groups excluding carboxylic acids is 2. The molecule has 0 spiro atoms. The van der Waals surface area contributed by atoms with Crippen molar-refractivity contribution in [2.24, 2.45) is 5.92 Å². The fraction of sp³-hybridized carbons (Fsp3) is 0.875. The Morgan fingerprint density at radius 3 is 2.26 bits per heavy atom. The van der Waals surface area contributed by atoms with Crippen LogP contribution in [0.4, 0.5) is 13.2 Å². The molecule has 7 heteroatoms. The second-order valence-corrected chi connectivity index (χ2v) is 6.10. The molecular formula is C16H27F3N2O2. The van der Waals surface area contributed by atoms with Crippen molar-refractivity contribution in [2.75, 3.05) is 26.2 Å². The second-order valence-electron chi connectivity index (χ2n) is 6.10. The quantitative estimate of drug-likeness (QED) is 0.716. The predicted octanol–water partition coefficient (Wildman–Crippen LogP) is 3.22. The minimum absolute atomic E-state index is 0.00661. The number of hydrogen-bond acceptors (Lipinski definition) is 2. The van der Waals surface area contributed by atoms with Gasteiger partial charge in [0.05, 0.1) is 5.92 Å². The van der Waals surface area contributed by atoms with Gasteiger partial charge in [0.1, 0.15) is 0 Å². The van der Waals surface area contributed by atoms with Crippen molar-refractivity contribution in [2.45, 2.75) is 58.5 Å². The van der Waals surface area contributed by atoms with Gasteiger partial charge in [-0.15, -0.1) is 0 Å². The maximum Gasteiger partial charge on any atom is 0.393 e. The molecule has 0 unspecified atom stereocenters. The molecule has 1 aliphatic heterocycles. The van der Waals surface area contributed by atoms with Crippen molar-refractivity contribution in [1.82, 2.24) is 9.80 Å². The van der Waals surface area contributed by atoms with E-state index in [0.29, 0.717) is 26.1 Å². The van der Waals surface area contributed by atoms with Crippen molar-refractivity contribution in [3.8, 4) is 0 Å². The second kappa shape index (κ2) is 9.13. The van der Waals surface area contributed by atoms with E-state index in [1.54, 1.807) is 4.90 Å². The molecule has 0 saturated carbocycles. The lowest BCUT2D eigenvalue weighted by atomic mass is 9.97. The van der Waals surface area contributed by atoms with Crippen LogP contribution >= 0.6 is 0 Å². The number of rotatable bonds is 7. The van der Waals surface area contributed by atoms with E-state index in [-0.39, 0.29) is 37.6 Å². The molecule has 0 radical (unpaired) electrons. The molecule has 4 nitrogen and oxygen atoms in total. The zero-order valence-corrected chi connectivity index (χ0v) is 14.0. The third-order valence-electron chi connectivity index (χ3n) is 4.13. The number of halogens is 3. The SMILES string of the molecule is CCCN(CCC)C(=O)CCC(=O)N1CCC[C@@H](C(F)(F)F)C1. The first-order valence-electron chi connectivity index (χ1n) is 8.41. The Kier molecular flexibility index (Phi) is 7.85. The fourth-order valence-electron chi connectivity index (χ4n) is 2.90. The third kappa shape index (κ3) is 6.39. The topological polar surface area (TPSA) is 40.6 Å². The van der Waals surface area contributed by atoms with Crippen LogP contribution in [0.3, 0.4) is 0 Å². The molecule has 0 aromatic carbocycles. The van der Waals surface area contributed by atoms with Crippen LogP contribution < -0.4 is 0 Å². The minimum Gasteiger partial charge on any atom is -0.343 e. The number of piperidine rings is 1. The molecule has 0 aliphatic carbocycles. The van der Waals surface area contributed by atoms with Gasteiger partial charge >= 0.3 is 6.18 Å². The smallest absolute Gasteiger partial charge is 0.343 e. The lowest BCUT2D eigenvalue weighted by Crippen LogP contribution is -2.45. The predicted molar refractivity (Wildman–Crippen MR) is 81.8 cm³/mol. The summed E-state index contributed by atoms with van der Waals surface area (Å²) in [6.45, 7) is 5.34. The minimum atomic E-state index is -4.26. The molecule has 0 aromatic heterocycles. The van der Waals surface area contributed by atoms with Gasteiger partial charge in [0.25, 0.3) is 0 Å². The lowest BCUT2D eigenvalue weighted by molar-refractivity contribution is -0.188. The van der Waals surface area contributed by atoms with Crippen molar-refractivity contribution in [3.63, 3.8) is 0 Å². The summed E-state index contributed by atoms with van der Waals surface area (Å²) in [6, 6.07) is 0. The molecule has 23 heavy (non-hydrogen) atoms. The van der Waals surface area contributed by atoms with Crippen LogP contribution in [-0.2, 0) is 9.59 Å². The summed E-state index contributed by atoms with van der Waals surface area (Å²) in [5, 5.41) is 0. The van der Waals surface area contributed by atoms with Gasteiger partial charge in [-0.3, -0.25) is 9.59 Å². The summed E-state index contributed by atoms with van der Waals surface area (Å²) in [7, 11) is 0. The van der Waals surface area contributed by atoms with E-state index in [0.717, 1.165) is 12.8 Å². The highest BCUT2D eigenvalue weighted by Gasteiger charge is 2.42. The Labute approximate surface area is 136 Å². The van der Waals surface area contributed by atoms with Gasteiger partial charge < -0.3 is 9.80 Å². The first-order chi connectivity index (χ1) is 10.8. The van der Waals surface area contributed by atoms with Gasteiger partial charge in [-0.2, -0.15) is 13.2 Å². The molecule has 1 fully saturated rings. The largest absolute Gasteiger partial charge is 0.393 e. The highest BCUT2D eigenvalue weighted by atomic mass is 19.4. The van der Waals surface area contributed by atoms with Gasteiger partial charge in [0, 0.05) is 39.0 Å². The highest BCUT2D eigenvalue weighted by Crippen LogP contribution is 2.33. The zero-order valence-electron chi connectivity index (χ0n) is 14.0. The summed E-state index contributed by atoms with van der Waals surface area (Å²) in [6.07, 6.45) is -2.06. The normalized spacial score (nSPS) is 18.8. The van der Waals surface area contributed by atoms with Crippen LogP contribution in [0, 0.1) is 5.92 Å². The molecule has 0 aromatic rings. The van der Waals surface area contributed by atoms with E-state index < -0.39 is 12.1 Å². The van der Waals surface area contributed by atoms with E-state index >= 15 is 0 Å². The Morgan fingerprint density at radius 2 is 1.74 bits per heavy atom. The summed E-state index contributed by atoms with van der Waals surface area (Å²) in [5.41, 5.74) is 0. The first-order valence-corrected chi connectivity index (χ1v) is 8.41. The molecule has 1 rings (SSSR count). The lowest BCUT2D eigenvalue weighted by Gasteiger charge is -2.34. The molecule has 0 N–H and O–H groups in total. The Morgan fingerprint density at radius 1 is 1.13 bits per heavy atom. The molecule has 1 heterocycles. The fourth-order valence-corrected chi connectivity index (χ4v) is 2.90. The van der Waals surface area contributed by atoms with Crippen molar-refractivity contribution < 1.29 is 22.8 Å². The van der Waals surface area contributed by atoms with E-state index in [1.807, 2.05) is 13.8 Å². The first kappa shape index (κ1) is 19.8. The standard InChI is InChI=1S/C16H27F3N2O2/c1-3-9-20(10-4-2)14(22)7-8-15(23)21-11-5-6-13(12-21)16(17,18)19/h13H,3-12H2,1-2H3/t13-/m1/s1. The Bertz CT molecular complexity index is 393. The number of carbonyl (C=O) groups is 2. The molecule has 134 valence electrons. The van der Waals surface area contributed by atoms with Crippen molar-refractivity contribution in [3.05, 3.63) is 0 Å². The molecular weight excluding hydrogens is 309 g/mol. The van der Waals surface area contributed by atoms with Crippen LogP contribution in [0.2, 0.25) is 0 Å².